The van der Waals surface area contributed by atoms with E-state index < -0.39 is 23.6 Å². The fraction of sp³-hybridized carbons (Fsp3) is 0.333. The summed E-state index contributed by atoms with van der Waals surface area (Å²) in [6.45, 7) is 6.89. The highest BCUT2D eigenvalue weighted by Gasteiger charge is 2.21. The molecule has 1 aromatic rings. The average molecular weight is 290 g/mol. The number of amides is 4. The van der Waals surface area contributed by atoms with E-state index in [0.717, 1.165) is 9.80 Å². The van der Waals surface area contributed by atoms with Crippen LogP contribution in [0.15, 0.2) is 18.2 Å². The Kier molecular flexibility index (Phi) is 4.97. The highest BCUT2D eigenvalue weighted by Crippen LogP contribution is 2.26. The number of rotatable bonds is 2. The molecule has 21 heavy (non-hydrogen) atoms. The number of hydrogen-bond acceptors (Lipinski definition) is 4. The van der Waals surface area contributed by atoms with Gasteiger partial charge < -0.3 is 0 Å². The maximum absolute atomic E-state index is 11.6. The Morgan fingerprint density at radius 1 is 0.762 bits per heavy atom. The predicted molar refractivity (Wildman–Crippen MR) is 78.9 cm³/mol. The first-order chi connectivity index (χ1) is 9.66. The lowest BCUT2D eigenvalue weighted by atomic mass is 10.1. The number of anilines is 2. The number of carbonyl (C=O) groups excluding carboxylic acids is 4. The van der Waals surface area contributed by atoms with Crippen molar-refractivity contribution in [2.75, 3.05) is 9.80 Å². The standard InChI is InChI=1S/C15H18N2O4/c1-9-8-14(16(10(2)18)11(3)19)6-7-15(9)17(12(4)20)13(5)21/h6-8H,1-5H3. The first-order valence-corrected chi connectivity index (χ1v) is 6.40. The van der Waals surface area contributed by atoms with Crippen LogP contribution in [0.3, 0.4) is 0 Å². The van der Waals surface area contributed by atoms with Gasteiger partial charge in [-0.05, 0) is 30.7 Å². The highest BCUT2D eigenvalue weighted by molar-refractivity contribution is 6.15. The molecule has 0 unspecified atom stereocenters. The van der Waals surface area contributed by atoms with Gasteiger partial charge >= 0.3 is 0 Å². The van der Waals surface area contributed by atoms with Crippen molar-refractivity contribution in [3.8, 4) is 0 Å². The van der Waals surface area contributed by atoms with Crippen molar-refractivity contribution in [2.24, 2.45) is 0 Å². The van der Waals surface area contributed by atoms with E-state index >= 15 is 0 Å². The van der Waals surface area contributed by atoms with Crippen molar-refractivity contribution in [3.05, 3.63) is 23.8 Å². The van der Waals surface area contributed by atoms with Crippen LogP contribution in [0.25, 0.3) is 0 Å². The van der Waals surface area contributed by atoms with Gasteiger partial charge in [-0.1, -0.05) is 0 Å². The zero-order valence-corrected chi connectivity index (χ0v) is 12.8. The van der Waals surface area contributed by atoms with Crippen LogP contribution in [0.4, 0.5) is 11.4 Å². The van der Waals surface area contributed by atoms with Gasteiger partial charge in [0.25, 0.3) is 0 Å². The van der Waals surface area contributed by atoms with Crippen LogP contribution < -0.4 is 9.80 Å². The van der Waals surface area contributed by atoms with Gasteiger partial charge in [-0.15, -0.1) is 0 Å². The molecule has 0 spiro atoms. The molecule has 0 saturated heterocycles. The predicted octanol–water partition coefficient (Wildman–Crippen LogP) is 1.79. The molecule has 0 radical (unpaired) electrons. The van der Waals surface area contributed by atoms with E-state index in [1.807, 2.05) is 0 Å². The van der Waals surface area contributed by atoms with E-state index in [1.54, 1.807) is 19.1 Å². The Morgan fingerprint density at radius 2 is 1.19 bits per heavy atom. The van der Waals surface area contributed by atoms with E-state index in [4.69, 9.17) is 0 Å². The molecule has 0 heterocycles. The average Bonchev–Trinajstić information content (AvgIpc) is 2.30. The molecule has 1 aromatic carbocycles. The van der Waals surface area contributed by atoms with E-state index in [-0.39, 0.29) is 0 Å². The molecule has 0 saturated carbocycles. The van der Waals surface area contributed by atoms with Crippen LogP contribution in [0.2, 0.25) is 0 Å². The van der Waals surface area contributed by atoms with Crippen LogP contribution in [0.1, 0.15) is 33.3 Å². The summed E-state index contributed by atoms with van der Waals surface area (Å²) in [6, 6.07) is 4.67. The fourth-order valence-corrected chi connectivity index (χ4v) is 2.18. The zero-order chi connectivity index (χ0) is 16.3. The second-order valence-electron chi connectivity index (χ2n) is 4.72. The molecule has 0 aliphatic heterocycles. The van der Waals surface area contributed by atoms with Crippen LogP contribution in [-0.4, -0.2) is 23.6 Å². The van der Waals surface area contributed by atoms with Gasteiger partial charge in [0.2, 0.25) is 23.6 Å². The van der Waals surface area contributed by atoms with Crippen molar-refractivity contribution in [3.63, 3.8) is 0 Å². The van der Waals surface area contributed by atoms with Crippen molar-refractivity contribution in [1.82, 2.24) is 0 Å². The Morgan fingerprint density at radius 3 is 1.52 bits per heavy atom. The molecule has 0 bridgehead atoms. The summed E-state index contributed by atoms with van der Waals surface area (Å²) in [4.78, 5) is 48.2. The second kappa shape index (κ2) is 6.30. The molecule has 0 fully saturated rings. The largest absolute Gasteiger partial charge is 0.274 e. The molecule has 0 atom stereocenters. The first-order valence-electron chi connectivity index (χ1n) is 6.40. The summed E-state index contributed by atoms with van der Waals surface area (Å²) in [5.41, 5.74) is 1.46. The second-order valence-corrected chi connectivity index (χ2v) is 4.72. The monoisotopic (exact) mass is 290 g/mol. The molecule has 112 valence electrons. The van der Waals surface area contributed by atoms with Gasteiger partial charge in [-0.25, -0.2) is 0 Å². The lowest BCUT2D eigenvalue weighted by Gasteiger charge is -2.22. The Bertz CT molecular complexity index is 594. The molecular weight excluding hydrogens is 272 g/mol. The summed E-state index contributed by atoms with van der Waals surface area (Å²) in [5, 5.41) is 0. The smallest absolute Gasteiger partial charge is 0.230 e. The lowest BCUT2D eigenvalue weighted by Crippen LogP contribution is -2.35. The van der Waals surface area contributed by atoms with Crippen LogP contribution in [0, 0.1) is 6.92 Å². The molecule has 0 aromatic heterocycles. The molecule has 0 N–H and O–H groups in total. The molecule has 1 rings (SSSR count). The van der Waals surface area contributed by atoms with Crippen molar-refractivity contribution < 1.29 is 19.2 Å². The number of nitrogens with zero attached hydrogens (tertiary/aromatic N) is 2. The number of imide groups is 2. The topological polar surface area (TPSA) is 74.8 Å². The third-order valence-corrected chi connectivity index (χ3v) is 2.94. The normalized spacial score (nSPS) is 9.95. The fourth-order valence-electron chi connectivity index (χ4n) is 2.18. The van der Waals surface area contributed by atoms with Crippen LogP contribution in [-0.2, 0) is 19.2 Å². The summed E-state index contributed by atoms with van der Waals surface area (Å²) < 4.78 is 0. The summed E-state index contributed by atoms with van der Waals surface area (Å²) in [7, 11) is 0. The summed E-state index contributed by atoms with van der Waals surface area (Å²) in [5.74, 6) is -1.59. The third kappa shape index (κ3) is 3.53. The number of benzene rings is 1. The first kappa shape index (κ1) is 16.6. The quantitative estimate of drug-likeness (QED) is 0.832. The minimum Gasteiger partial charge on any atom is -0.274 e. The molecular formula is C15H18N2O4. The van der Waals surface area contributed by atoms with Gasteiger partial charge in [0, 0.05) is 27.7 Å². The highest BCUT2D eigenvalue weighted by atomic mass is 16.2. The SMILES string of the molecule is CC(=O)N(C(C)=O)c1ccc(N(C(C)=O)C(C)=O)c(C)c1. The molecule has 0 aliphatic rings. The maximum Gasteiger partial charge on any atom is 0.230 e. The van der Waals surface area contributed by atoms with Crippen LogP contribution >= 0.6 is 0 Å². The van der Waals surface area contributed by atoms with Gasteiger partial charge in [-0.3, -0.25) is 29.0 Å². The molecule has 6 heteroatoms. The van der Waals surface area contributed by atoms with Crippen LogP contribution in [0.5, 0.6) is 0 Å². The Balaban J connectivity index is 3.33. The summed E-state index contributed by atoms with van der Waals surface area (Å²) >= 11 is 0. The van der Waals surface area contributed by atoms with E-state index in [2.05, 4.69) is 0 Å². The van der Waals surface area contributed by atoms with Crippen molar-refractivity contribution in [2.45, 2.75) is 34.6 Å². The van der Waals surface area contributed by atoms with E-state index in [0.29, 0.717) is 16.9 Å². The van der Waals surface area contributed by atoms with E-state index in [9.17, 15) is 19.2 Å². The van der Waals surface area contributed by atoms with Gasteiger partial charge in [0.1, 0.15) is 0 Å². The minimum absolute atomic E-state index is 0.395. The van der Waals surface area contributed by atoms with Gasteiger partial charge in [0.15, 0.2) is 0 Å². The zero-order valence-electron chi connectivity index (χ0n) is 12.8. The third-order valence-electron chi connectivity index (χ3n) is 2.94. The van der Waals surface area contributed by atoms with Crippen molar-refractivity contribution >= 4 is 35.0 Å². The van der Waals surface area contributed by atoms with Gasteiger partial charge in [-0.2, -0.15) is 0 Å². The lowest BCUT2D eigenvalue weighted by molar-refractivity contribution is -0.125. The van der Waals surface area contributed by atoms with Crippen molar-refractivity contribution in [1.29, 1.82) is 0 Å². The number of hydrogen-bond donors (Lipinski definition) is 0. The number of aryl methyl sites for hydroxylation is 1. The van der Waals surface area contributed by atoms with E-state index in [1.165, 1.54) is 33.8 Å². The molecule has 4 amide bonds. The number of carbonyl (C=O) groups is 4. The molecule has 0 aliphatic carbocycles. The maximum atomic E-state index is 11.6. The Labute approximate surface area is 123 Å². The molecule has 6 nitrogen and oxygen atoms in total. The minimum atomic E-state index is -0.398. The van der Waals surface area contributed by atoms with Gasteiger partial charge in [0.05, 0.1) is 11.4 Å². The Hall–Kier alpha value is -2.50. The summed E-state index contributed by atoms with van der Waals surface area (Å²) in [6.07, 6.45) is 0.